The van der Waals surface area contributed by atoms with Gasteiger partial charge in [0.15, 0.2) is 0 Å². The highest BCUT2D eigenvalue weighted by molar-refractivity contribution is 7.89. The maximum Gasteiger partial charge on any atom is 0.246 e. The van der Waals surface area contributed by atoms with Crippen LogP contribution in [0.3, 0.4) is 0 Å². The lowest BCUT2D eigenvalue weighted by molar-refractivity contribution is 0.217. The molecule has 27 heavy (non-hydrogen) atoms. The van der Waals surface area contributed by atoms with Crippen LogP contribution in [0.1, 0.15) is 37.1 Å². The molecule has 1 aromatic carbocycles. The van der Waals surface area contributed by atoms with Gasteiger partial charge in [-0.2, -0.15) is 4.31 Å². The highest BCUT2D eigenvalue weighted by atomic mass is 32.2. The van der Waals surface area contributed by atoms with E-state index in [9.17, 15) is 12.8 Å². The highest BCUT2D eigenvalue weighted by Crippen LogP contribution is 2.25. The van der Waals surface area contributed by atoms with Crippen LogP contribution in [0.5, 0.6) is 0 Å². The summed E-state index contributed by atoms with van der Waals surface area (Å²) in [6.45, 7) is 3.87. The fourth-order valence-electron chi connectivity index (χ4n) is 3.81. The van der Waals surface area contributed by atoms with Crippen LogP contribution in [0.15, 0.2) is 29.2 Å². The standard InChI is InChI=1S/C18H24FN5O2S/c19-15-7-2-3-8-18(15)27(25,26)23-11-6-12-24-17(14-23)16(20-21-24)13-22-9-4-1-5-10-22/h2-3,7-8H,1,4-6,9-14H2. The smallest absolute Gasteiger partial charge is 0.246 e. The average molecular weight is 393 g/mol. The number of benzene rings is 1. The molecule has 2 aliphatic rings. The number of aromatic nitrogens is 3. The third kappa shape index (κ3) is 3.76. The normalized spacial score (nSPS) is 19.6. The Balaban J connectivity index is 1.60. The van der Waals surface area contributed by atoms with Gasteiger partial charge in [-0.15, -0.1) is 5.10 Å². The second-order valence-electron chi connectivity index (χ2n) is 7.17. The highest BCUT2D eigenvalue weighted by Gasteiger charge is 2.31. The van der Waals surface area contributed by atoms with Gasteiger partial charge in [-0.25, -0.2) is 17.5 Å². The first-order valence-electron chi connectivity index (χ1n) is 9.44. The molecule has 0 atom stereocenters. The van der Waals surface area contributed by atoms with Gasteiger partial charge in [0, 0.05) is 19.6 Å². The maximum absolute atomic E-state index is 14.1. The summed E-state index contributed by atoms with van der Waals surface area (Å²) in [5.41, 5.74) is 1.64. The molecule has 0 N–H and O–H groups in total. The number of aryl methyl sites for hydroxylation is 1. The van der Waals surface area contributed by atoms with Crippen molar-refractivity contribution in [2.45, 2.75) is 50.2 Å². The maximum atomic E-state index is 14.1. The van der Waals surface area contributed by atoms with Crippen LogP contribution in [0.25, 0.3) is 0 Å². The zero-order chi connectivity index (χ0) is 18.9. The monoisotopic (exact) mass is 393 g/mol. The average Bonchev–Trinajstić information content (AvgIpc) is 2.90. The van der Waals surface area contributed by atoms with E-state index < -0.39 is 15.8 Å². The van der Waals surface area contributed by atoms with Crippen LogP contribution < -0.4 is 0 Å². The SMILES string of the molecule is O=S(=O)(c1ccccc1F)N1CCCn2nnc(CN3CCCCC3)c2C1. The molecule has 4 rings (SSSR count). The number of nitrogens with zero attached hydrogens (tertiary/aromatic N) is 5. The predicted octanol–water partition coefficient (Wildman–Crippen LogP) is 2.00. The molecular formula is C18H24FN5O2S. The molecule has 0 saturated carbocycles. The van der Waals surface area contributed by atoms with Gasteiger partial charge in [-0.3, -0.25) is 4.90 Å². The lowest BCUT2D eigenvalue weighted by Gasteiger charge is -2.26. The van der Waals surface area contributed by atoms with Crippen LogP contribution >= 0.6 is 0 Å². The van der Waals surface area contributed by atoms with E-state index in [0.29, 0.717) is 26.1 Å². The third-order valence-corrected chi connectivity index (χ3v) is 7.18. The molecule has 2 aliphatic heterocycles. The molecule has 0 amide bonds. The molecule has 2 aromatic rings. The molecule has 0 spiro atoms. The Hall–Kier alpha value is -1.84. The topological polar surface area (TPSA) is 71.3 Å². The minimum absolute atomic E-state index is 0.173. The van der Waals surface area contributed by atoms with Crippen LogP contribution in [0.4, 0.5) is 4.39 Å². The van der Waals surface area contributed by atoms with Gasteiger partial charge in [-0.05, 0) is 44.5 Å². The molecule has 1 fully saturated rings. The molecule has 0 aliphatic carbocycles. The summed E-state index contributed by atoms with van der Waals surface area (Å²) in [4.78, 5) is 2.07. The number of halogens is 1. The molecule has 9 heteroatoms. The molecule has 0 radical (unpaired) electrons. The van der Waals surface area contributed by atoms with Crippen LogP contribution in [0, 0.1) is 5.82 Å². The predicted molar refractivity (Wildman–Crippen MR) is 97.8 cm³/mol. The van der Waals surface area contributed by atoms with Crippen molar-refractivity contribution in [2.24, 2.45) is 0 Å². The Morgan fingerprint density at radius 1 is 1.00 bits per heavy atom. The Morgan fingerprint density at radius 3 is 2.56 bits per heavy atom. The van der Waals surface area contributed by atoms with Gasteiger partial charge in [-0.1, -0.05) is 23.8 Å². The number of likely N-dealkylation sites (tertiary alicyclic amines) is 1. The van der Waals surface area contributed by atoms with Gasteiger partial charge < -0.3 is 0 Å². The molecule has 0 bridgehead atoms. The Morgan fingerprint density at radius 2 is 1.78 bits per heavy atom. The summed E-state index contributed by atoms with van der Waals surface area (Å²) in [6, 6.07) is 5.53. The van der Waals surface area contributed by atoms with Gasteiger partial charge >= 0.3 is 0 Å². The molecule has 3 heterocycles. The zero-order valence-corrected chi connectivity index (χ0v) is 16.0. The van der Waals surface area contributed by atoms with Gasteiger partial charge in [0.1, 0.15) is 16.4 Å². The van der Waals surface area contributed by atoms with E-state index in [1.807, 2.05) is 0 Å². The van der Waals surface area contributed by atoms with E-state index >= 15 is 0 Å². The number of fused-ring (bicyclic) bond motifs is 1. The van der Waals surface area contributed by atoms with Crippen molar-refractivity contribution in [3.8, 4) is 0 Å². The molecule has 1 saturated heterocycles. The second kappa shape index (κ2) is 7.65. The molecule has 146 valence electrons. The summed E-state index contributed by atoms with van der Waals surface area (Å²) >= 11 is 0. The molecule has 0 unspecified atom stereocenters. The van der Waals surface area contributed by atoms with Crippen molar-refractivity contribution in [3.63, 3.8) is 0 Å². The van der Waals surface area contributed by atoms with Crippen molar-refractivity contribution in [3.05, 3.63) is 41.5 Å². The molecule has 7 nitrogen and oxygen atoms in total. The minimum Gasteiger partial charge on any atom is -0.297 e. The molecular weight excluding hydrogens is 369 g/mol. The summed E-state index contributed by atoms with van der Waals surface area (Å²) in [5.74, 6) is -0.720. The van der Waals surface area contributed by atoms with Crippen molar-refractivity contribution in [2.75, 3.05) is 19.6 Å². The van der Waals surface area contributed by atoms with Crippen LogP contribution in [0.2, 0.25) is 0 Å². The summed E-state index contributed by atoms with van der Waals surface area (Å²) in [5, 5.41) is 8.55. The zero-order valence-electron chi connectivity index (χ0n) is 15.2. The van der Waals surface area contributed by atoms with E-state index in [1.165, 1.54) is 41.8 Å². The van der Waals surface area contributed by atoms with Gasteiger partial charge in [0.2, 0.25) is 10.0 Å². The fourth-order valence-corrected chi connectivity index (χ4v) is 5.32. The Kier molecular flexibility index (Phi) is 5.25. The number of hydrogen-bond donors (Lipinski definition) is 0. The lowest BCUT2D eigenvalue weighted by Crippen LogP contribution is -2.33. The lowest BCUT2D eigenvalue weighted by atomic mass is 10.1. The third-order valence-electron chi connectivity index (χ3n) is 5.30. The van der Waals surface area contributed by atoms with Crippen molar-refractivity contribution in [1.82, 2.24) is 24.2 Å². The largest absolute Gasteiger partial charge is 0.297 e. The summed E-state index contributed by atoms with van der Waals surface area (Å²) in [6.07, 6.45) is 4.23. The van der Waals surface area contributed by atoms with Gasteiger partial charge in [0.25, 0.3) is 0 Å². The quantitative estimate of drug-likeness (QED) is 0.795. The van der Waals surface area contributed by atoms with Crippen LogP contribution in [-0.2, 0) is 29.7 Å². The number of piperidine rings is 1. The summed E-state index contributed by atoms with van der Waals surface area (Å²) in [7, 11) is -3.91. The van der Waals surface area contributed by atoms with E-state index in [0.717, 1.165) is 24.5 Å². The number of rotatable bonds is 4. The van der Waals surface area contributed by atoms with Crippen molar-refractivity contribution >= 4 is 10.0 Å². The Labute approximate surface area is 158 Å². The minimum atomic E-state index is -3.91. The Bertz CT molecular complexity index is 908. The van der Waals surface area contributed by atoms with E-state index in [-0.39, 0.29) is 11.4 Å². The van der Waals surface area contributed by atoms with Crippen molar-refractivity contribution < 1.29 is 12.8 Å². The number of sulfonamides is 1. The van der Waals surface area contributed by atoms with Crippen molar-refractivity contribution in [1.29, 1.82) is 0 Å². The van der Waals surface area contributed by atoms with Gasteiger partial charge in [0.05, 0.1) is 12.2 Å². The number of hydrogen-bond acceptors (Lipinski definition) is 5. The van der Waals surface area contributed by atoms with E-state index in [2.05, 4.69) is 15.2 Å². The first-order valence-corrected chi connectivity index (χ1v) is 10.9. The van der Waals surface area contributed by atoms with E-state index in [1.54, 1.807) is 10.7 Å². The first kappa shape index (κ1) is 18.5. The second-order valence-corrected chi connectivity index (χ2v) is 9.07. The summed E-state index contributed by atoms with van der Waals surface area (Å²) < 4.78 is 43.3. The van der Waals surface area contributed by atoms with Crippen LogP contribution in [-0.4, -0.2) is 52.3 Å². The van der Waals surface area contributed by atoms with E-state index in [4.69, 9.17) is 0 Å². The fraction of sp³-hybridized carbons (Fsp3) is 0.556. The molecule has 1 aromatic heterocycles. The first-order chi connectivity index (χ1) is 13.1.